The van der Waals surface area contributed by atoms with Gasteiger partial charge in [-0.15, -0.1) is 0 Å². The topological polar surface area (TPSA) is 38.3 Å². The maximum Gasteiger partial charge on any atom is 0.227 e. The fourth-order valence-corrected chi connectivity index (χ4v) is 2.75. The lowest BCUT2D eigenvalue weighted by Gasteiger charge is -2.22. The zero-order valence-corrected chi connectivity index (χ0v) is 12.3. The molecule has 0 aromatic heterocycles. The average Bonchev–Trinajstić information content (AvgIpc) is 2.34. The Morgan fingerprint density at radius 1 is 1.50 bits per heavy atom. The minimum absolute atomic E-state index is 0.0232. The second kappa shape index (κ2) is 6.55. The number of ether oxygens (including phenoxy) is 1. The molecule has 1 aromatic carbocycles. The maximum atomic E-state index is 11.9. The van der Waals surface area contributed by atoms with E-state index in [0.29, 0.717) is 11.4 Å². The number of nitrogens with one attached hydrogen (secondary N) is 1. The molecule has 1 aliphatic rings. The van der Waals surface area contributed by atoms with Crippen LogP contribution >= 0.6 is 27.5 Å². The molecule has 0 radical (unpaired) electrons. The summed E-state index contributed by atoms with van der Waals surface area (Å²) in [4.78, 5) is 11.9. The van der Waals surface area contributed by atoms with Crippen molar-refractivity contribution in [3.63, 3.8) is 0 Å². The zero-order chi connectivity index (χ0) is 13.0. The molecule has 5 heteroatoms. The van der Waals surface area contributed by atoms with Crippen LogP contribution in [0.1, 0.15) is 25.7 Å². The summed E-state index contributed by atoms with van der Waals surface area (Å²) in [5, 5.41) is 3.49. The lowest BCUT2D eigenvalue weighted by molar-refractivity contribution is -0.119. The van der Waals surface area contributed by atoms with Crippen LogP contribution in [0.25, 0.3) is 0 Å². The Bertz CT molecular complexity index is 433. The second-order valence-electron chi connectivity index (χ2n) is 4.37. The van der Waals surface area contributed by atoms with Crippen molar-refractivity contribution >= 4 is 39.1 Å². The summed E-state index contributed by atoms with van der Waals surface area (Å²) in [6, 6.07) is 5.29. The van der Waals surface area contributed by atoms with Gasteiger partial charge in [-0.25, -0.2) is 0 Å². The highest BCUT2D eigenvalue weighted by Gasteiger charge is 2.18. The van der Waals surface area contributed by atoms with Gasteiger partial charge in [0.15, 0.2) is 0 Å². The standard InChI is InChI=1S/C13H15BrClNO2/c14-11-7-9(15)4-5-12(11)16-13(17)8-10-3-1-2-6-18-10/h4-5,7,10H,1-3,6,8H2,(H,16,17). The third-order valence-corrected chi connectivity index (χ3v) is 3.78. The molecule has 1 heterocycles. The largest absolute Gasteiger partial charge is 0.378 e. The summed E-state index contributed by atoms with van der Waals surface area (Å²) >= 11 is 9.22. The highest BCUT2D eigenvalue weighted by Crippen LogP contribution is 2.26. The molecule has 0 saturated carbocycles. The van der Waals surface area contributed by atoms with Crippen LogP contribution in [-0.2, 0) is 9.53 Å². The molecule has 98 valence electrons. The molecule has 1 aliphatic heterocycles. The van der Waals surface area contributed by atoms with Crippen LogP contribution < -0.4 is 5.32 Å². The predicted octanol–water partition coefficient (Wildman–Crippen LogP) is 4.00. The van der Waals surface area contributed by atoms with E-state index in [4.69, 9.17) is 16.3 Å². The van der Waals surface area contributed by atoms with Crippen molar-refractivity contribution in [2.45, 2.75) is 31.8 Å². The van der Waals surface area contributed by atoms with Crippen LogP contribution in [0, 0.1) is 0 Å². The van der Waals surface area contributed by atoms with Crippen molar-refractivity contribution in [2.24, 2.45) is 0 Å². The molecule has 1 unspecified atom stereocenters. The fourth-order valence-electron chi connectivity index (χ4n) is 1.97. The number of carbonyl (C=O) groups excluding carboxylic acids is 1. The van der Waals surface area contributed by atoms with Crippen LogP contribution in [0.4, 0.5) is 5.69 Å². The molecule has 0 bridgehead atoms. The minimum Gasteiger partial charge on any atom is -0.378 e. The number of anilines is 1. The van der Waals surface area contributed by atoms with E-state index in [1.807, 2.05) is 0 Å². The van der Waals surface area contributed by atoms with Crippen molar-refractivity contribution in [1.29, 1.82) is 0 Å². The molecule has 1 atom stereocenters. The Morgan fingerprint density at radius 3 is 3.00 bits per heavy atom. The first kappa shape index (κ1) is 13.8. The van der Waals surface area contributed by atoms with Gasteiger partial charge in [0.05, 0.1) is 18.2 Å². The van der Waals surface area contributed by atoms with Gasteiger partial charge in [0.25, 0.3) is 0 Å². The monoisotopic (exact) mass is 331 g/mol. The summed E-state index contributed by atoms with van der Waals surface area (Å²) in [6.07, 6.45) is 3.68. The number of carbonyl (C=O) groups is 1. The van der Waals surface area contributed by atoms with E-state index in [1.54, 1.807) is 18.2 Å². The Hall–Kier alpha value is -0.580. The summed E-state index contributed by atoms with van der Waals surface area (Å²) in [6.45, 7) is 0.766. The SMILES string of the molecule is O=C(CC1CCCCO1)Nc1ccc(Cl)cc1Br. The van der Waals surface area contributed by atoms with E-state index >= 15 is 0 Å². The van der Waals surface area contributed by atoms with Crippen LogP contribution in [0.3, 0.4) is 0 Å². The van der Waals surface area contributed by atoms with Gasteiger partial charge in [0.2, 0.25) is 5.91 Å². The highest BCUT2D eigenvalue weighted by molar-refractivity contribution is 9.10. The first-order chi connectivity index (χ1) is 8.65. The first-order valence-corrected chi connectivity index (χ1v) is 7.19. The number of rotatable bonds is 3. The van der Waals surface area contributed by atoms with Crippen molar-refractivity contribution in [1.82, 2.24) is 0 Å². The average molecular weight is 333 g/mol. The number of hydrogen-bond donors (Lipinski definition) is 1. The lowest BCUT2D eigenvalue weighted by atomic mass is 10.1. The number of benzene rings is 1. The van der Waals surface area contributed by atoms with Gasteiger partial charge < -0.3 is 10.1 Å². The summed E-state index contributed by atoms with van der Waals surface area (Å²) in [7, 11) is 0. The van der Waals surface area contributed by atoms with Crippen molar-refractivity contribution in [2.75, 3.05) is 11.9 Å². The van der Waals surface area contributed by atoms with Gasteiger partial charge >= 0.3 is 0 Å². The Labute approximate surface area is 120 Å². The number of halogens is 2. The van der Waals surface area contributed by atoms with E-state index in [2.05, 4.69) is 21.2 Å². The summed E-state index contributed by atoms with van der Waals surface area (Å²) < 4.78 is 6.33. The normalized spacial score (nSPS) is 19.6. The Kier molecular flexibility index (Phi) is 5.03. The Morgan fingerprint density at radius 2 is 2.33 bits per heavy atom. The molecule has 0 spiro atoms. The highest BCUT2D eigenvalue weighted by atomic mass is 79.9. The second-order valence-corrected chi connectivity index (χ2v) is 5.66. The van der Waals surface area contributed by atoms with Gasteiger partial charge in [0.1, 0.15) is 0 Å². The molecular weight excluding hydrogens is 318 g/mol. The molecule has 1 amide bonds. The zero-order valence-electron chi connectivity index (χ0n) is 9.92. The third-order valence-electron chi connectivity index (χ3n) is 2.89. The minimum atomic E-state index is -0.0232. The van der Waals surface area contributed by atoms with Crippen molar-refractivity contribution in [3.05, 3.63) is 27.7 Å². The molecule has 1 N–H and O–H groups in total. The third kappa shape index (κ3) is 3.97. The van der Waals surface area contributed by atoms with Crippen LogP contribution in [0.5, 0.6) is 0 Å². The van der Waals surface area contributed by atoms with Gasteiger partial charge in [-0.3, -0.25) is 4.79 Å². The molecule has 1 saturated heterocycles. The predicted molar refractivity (Wildman–Crippen MR) is 76.0 cm³/mol. The molecule has 18 heavy (non-hydrogen) atoms. The molecule has 2 rings (SSSR count). The van der Waals surface area contributed by atoms with Crippen molar-refractivity contribution in [3.8, 4) is 0 Å². The van der Waals surface area contributed by atoms with Crippen molar-refractivity contribution < 1.29 is 9.53 Å². The smallest absolute Gasteiger partial charge is 0.227 e. The van der Waals surface area contributed by atoms with E-state index in [9.17, 15) is 4.79 Å². The summed E-state index contributed by atoms with van der Waals surface area (Å²) in [5.41, 5.74) is 0.736. The van der Waals surface area contributed by atoms with E-state index < -0.39 is 0 Å². The maximum absolute atomic E-state index is 11.9. The van der Waals surface area contributed by atoms with E-state index in [0.717, 1.165) is 36.0 Å². The van der Waals surface area contributed by atoms with E-state index in [1.165, 1.54) is 0 Å². The van der Waals surface area contributed by atoms with Crippen LogP contribution in [0.15, 0.2) is 22.7 Å². The van der Waals surface area contributed by atoms with E-state index in [-0.39, 0.29) is 12.0 Å². The van der Waals surface area contributed by atoms with Crippen LogP contribution in [0.2, 0.25) is 5.02 Å². The quantitative estimate of drug-likeness (QED) is 0.908. The number of hydrogen-bond acceptors (Lipinski definition) is 2. The Balaban J connectivity index is 1.90. The van der Waals surface area contributed by atoms with Gasteiger partial charge in [-0.2, -0.15) is 0 Å². The molecule has 0 aliphatic carbocycles. The molecule has 1 fully saturated rings. The molecule has 1 aromatic rings. The van der Waals surface area contributed by atoms with Gasteiger partial charge in [-0.1, -0.05) is 11.6 Å². The molecule has 3 nitrogen and oxygen atoms in total. The lowest BCUT2D eigenvalue weighted by Crippen LogP contribution is -2.25. The summed E-state index contributed by atoms with van der Waals surface area (Å²) in [5.74, 6) is -0.0232. The van der Waals surface area contributed by atoms with Gasteiger partial charge in [0, 0.05) is 16.1 Å². The van der Waals surface area contributed by atoms with Crippen LogP contribution in [-0.4, -0.2) is 18.6 Å². The number of amides is 1. The fraction of sp³-hybridized carbons (Fsp3) is 0.462. The van der Waals surface area contributed by atoms with Gasteiger partial charge in [-0.05, 0) is 53.4 Å². The first-order valence-electron chi connectivity index (χ1n) is 6.01. The molecular formula is C13H15BrClNO2.